The van der Waals surface area contributed by atoms with Crippen molar-refractivity contribution in [3.8, 4) is 0 Å². The van der Waals surface area contributed by atoms with E-state index in [-0.39, 0.29) is 17.8 Å². The lowest BCUT2D eigenvalue weighted by Gasteiger charge is -2.31. The van der Waals surface area contributed by atoms with Gasteiger partial charge in [-0.3, -0.25) is 9.69 Å². The maximum absolute atomic E-state index is 13.1. The molecule has 5 nitrogen and oxygen atoms in total. The van der Waals surface area contributed by atoms with Crippen molar-refractivity contribution in [1.29, 1.82) is 0 Å². The molecule has 22 heavy (non-hydrogen) atoms. The largest absolute Gasteiger partial charge is 0.329 e. The summed E-state index contributed by atoms with van der Waals surface area (Å²) in [7, 11) is 1.64. The van der Waals surface area contributed by atoms with Crippen molar-refractivity contribution in [3.63, 3.8) is 0 Å². The first-order valence-corrected chi connectivity index (χ1v) is 6.96. The lowest BCUT2D eigenvalue weighted by Crippen LogP contribution is -2.45. The monoisotopic (exact) mass is 301 g/mol. The van der Waals surface area contributed by atoms with E-state index in [0.717, 1.165) is 0 Å². The van der Waals surface area contributed by atoms with Crippen molar-refractivity contribution in [1.82, 2.24) is 15.1 Å². The standard InChI is InChI=1S/C16H16FN3O2/c1-3-8-20-9-12-13(15(20)21)14(18-16(22)19(12)2)10-4-6-11(17)7-5-10/h3-7,14H,1,8-9H2,2H3,(H,18,22)/t14-/m1/s1. The zero-order valence-corrected chi connectivity index (χ0v) is 12.2. The molecule has 0 unspecified atom stereocenters. The highest BCUT2D eigenvalue weighted by atomic mass is 19.1. The molecule has 0 radical (unpaired) electrons. The van der Waals surface area contributed by atoms with E-state index in [9.17, 15) is 14.0 Å². The number of halogens is 1. The minimum Gasteiger partial charge on any atom is -0.329 e. The van der Waals surface area contributed by atoms with Crippen molar-refractivity contribution >= 4 is 11.9 Å². The summed E-state index contributed by atoms with van der Waals surface area (Å²) >= 11 is 0. The number of hydrogen-bond acceptors (Lipinski definition) is 2. The predicted molar refractivity (Wildman–Crippen MR) is 79.2 cm³/mol. The van der Waals surface area contributed by atoms with Crippen LogP contribution in [0.4, 0.5) is 9.18 Å². The van der Waals surface area contributed by atoms with E-state index >= 15 is 0 Å². The van der Waals surface area contributed by atoms with Gasteiger partial charge in [-0.1, -0.05) is 18.2 Å². The zero-order chi connectivity index (χ0) is 15.9. The molecule has 0 saturated heterocycles. The molecule has 1 aromatic rings. The minimum absolute atomic E-state index is 0.129. The van der Waals surface area contributed by atoms with Crippen molar-refractivity contribution in [2.24, 2.45) is 0 Å². The van der Waals surface area contributed by atoms with Crippen LogP contribution in [0.25, 0.3) is 0 Å². The Bertz CT molecular complexity index is 681. The van der Waals surface area contributed by atoms with Crippen LogP contribution < -0.4 is 5.32 Å². The van der Waals surface area contributed by atoms with Crippen LogP contribution in [0.3, 0.4) is 0 Å². The second-order valence-corrected chi connectivity index (χ2v) is 5.33. The van der Waals surface area contributed by atoms with Crippen LogP contribution in [0.1, 0.15) is 11.6 Å². The van der Waals surface area contributed by atoms with E-state index in [1.54, 1.807) is 30.2 Å². The normalized spacial score (nSPS) is 21.1. The molecule has 1 N–H and O–H groups in total. The molecule has 0 bridgehead atoms. The molecule has 0 aliphatic carbocycles. The lowest BCUT2D eigenvalue weighted by molar-refractivity contribution is -0.125. The molecular weight excluding hydrogens is 285 g/mol. The average molecular weight is 301 g/mol. The number of benzene rings is 1. The molecule has 0 spiro atoms. The lowest BCUT2D eigenvalue weighted by atomic mass is 9.96. The maximum atomic E-state index is 13.1. The molecule has 0 saturated carbocycles. The topological polar surface area (TPSA) is 52.7 Å². The Morgan fingerprint density at radius 1 is 1.36 bits per heavy atom. The number of hydrogen-bond donors (Lipinski definition) is 1. The fourth-order valence-corrected chi connectivity index (χ4v) is 2.83. The Morgan fingerprint density at radius 3 is 2.68 bits per heavy atom. The molecule has 2 aliphatic rings. The second-order valence-electron chi connectivity index (χ2n) is 5.33. The summed E-state index contributed by atoms with van der Waals surface area (Å²) in [5.41, 5.74) is 1.91. The third-order valence-electron chi connectivity index (χ3n) is 3.99. The fraction of sp³-hybridized carbons (Fsp3) is 0.250. The quantitative estimate of drug-likeness (QED) is 0.866. The molecule has 6 heteroatoms. The SMILES string of the molecule is C=CCN1CC2=C(C1=O)[C@@H](c1ccc(F)cc1)NC(=O)N2C. The summed E-state index contributed by atoms with van der Waals surface area (Å²) < 4.78 is 13.1. The van der Waals surface area contributed by atoms with Crippen LogP contribution in [0.15, 0.2) is 48.2 Å². The second kappa shape index (κ2) is 5.29. The van der Waals surface area contributed by atoms with Crippen molar-refractivity contribution < 1.29 is 14.0 Å². The van der Waals surface area contributed by atoms with E-state index in [0.29, 0.717) is 29.9 Å². The van der Waals surface area contributed by atoms with E-state index in [2.05, 4.69) is 11.9 Å². The molecule has 3 rings (SSSR count). The smallest absolute Gasteiger partial charge is 0.322 e. The van der Waals surface area contributed by atoms with Crippen molar-refractivity contribution in [2.75, 3.05) is 20.1 Å². The third kappa shape index (κ3) is 2.16. The van der Waals surface area contributed by atoms with Gasteiger partial charge in [-0.05, 0) is 17.7 Å². The van der Waals surface area contributed by atoms with Gasteiger partial charge in [0.1, 0.15) is 5.82 Å². The van der Waals surface area contributed by atoms with Crippen LogP contribution in [0.2, 0.25) is 0 Å². The van der Waals surface area contributed by atoms with Crippen LogP contribution in [-0.4, -0.2) is 41.9 Å². The van der Waals surface area contributed by atoms with Gasteiger partial charge < -0.3 is 10.2 Å². The summed E-state index contributed by atoms with van der Waals surface area (Å²) in [5, 5.41) is 2.80. The van der Waals surface area contributed by atoms with Crippen LogP contribution in [-0.2, 0) is 4.79 Å². The van der Waals surface area contributed by atoms with E-state index < -0.39 is 6.04 Å². The van der Waals surface area contributed by atoms with Gasteiger partial charge in [0.15, 0.2) is 0 Å². The number of carbonyl (C=O) groups is 2. The van der Waals surface area contributed by atoms with Gasteiger partial charge in [0.05, 0.1) is 23.9 Å². The van der Waals surface area contributed by atoms with Gasteiger partial charge in [-0.15, -0.1) is 6.58 Å². The first-order valence-electron chi connectivity index (χ1n) is 6.96. The molecule has 114 valence electrons. The summed E-state index contributed by atoms with van der Waals surface area (Å²) in [5.74, 6) is -0.487. The zero-order valence-electron chi connectivity index (χ0n) is 12.2. The molecule has 2 aliphatic heterocycles. The first-order chi connectivity index (χ1) is 10.5. The van der Waals surface area contributed by atoms with Crippen LogP contribution in [0, 0.1) is 5.82 Å². The van der Waals surface area contributed by atoms with Gasteiger partial charge in [0.2, 0.25) is 0 Å². The minimum atomic E-state index is -0.554. The molecule has 3 amide bonds. The number of nitrogens with zero attached hydrogens (tertiary/aromatic N) is 2. The van der Waals surface area contributed by atoms with E-state index in [1.165, 1.54) is 17.0 Å². The molecule has 2 heterocycles. The predicted octanol–water partition coefficient (Wildman–Crippen LogP) is 1.80. The number of urea groups is 1. The van der Waals surface area contributed by atoms with Gasteiger partial charge in [-0.2, -0.15) is 0 Å². The highest BCUT2D eigenvalue weighted by Gasteiger charge is 2.42. The number of amides is 3. The molecule has 0 aromatic heterocycles. The number of likely N-dealkylation sites (N-methyl/N-ethyl adjacent to an activating group) is 1. The molecule has 1 aromatic carbocycles. The Balaban J connectivity index is 2.03. The maximum Gasteiger partial charge on any atom is 0.322 e. The fourth-order valence-electron chi connectivity index (χ4n) is 2.83. The first kappa shape index (κ1) is 14.3. The Hall–Kier alpha value is -2.63. The van der Waals surface area contributed by atoms with E-state index in [1.807, 2.05) is 0 Å². The molecule has 1 atom stereocenters. The summed E-state index contributed by atoms with van der Waals surface area (Å²) in [6.07, 6.45) is 1.65. The Kier molecular flexibility index (Phi) is 3.44. The van der Waals surface area contributed by atoms with Crippen LogP contribution >= 0.6 is 0 Å². The summed E-state index contributed by atoms with van der Waals surface area (Å²) in [6, 6.07) is 4.98. The van der Waals surface area contributed by atoms with Crippen molar-refractivity contribution in [2.45, 2.75) is 6.04 Å². The van der Waals surface area contributed by atoms with Crippen LogP contribution in [0.5, 0.6) is 0 Å². The number of nitrogens with one attached hydrogen (secondary N) is 1. The Morgan fingerprint density at radius 2 is 2.05 bits per heavy atom. The van der Waals surface area contributed by atoms with Gasteiger partial charge in [-0.25, -0.2) is 9.18 Å². The highest BCUT2D eigenvalue weighted by molar-refractivity contribution is 6.01. The summed E-state index contributed by atoms with van der Waals surface area (Å²) in [6.45, 7) is 4.44. The third-order valence-corrected chi connectivity index (χ3v) is 3.99. The molecule has 0 fully saturated rings. The number of carbonyl (C=O) groups excluding carboxylic acids is 2. The van der Waals surface area contributed by atoms with Gasteiger partial charge in [0, 0.05) is 13.6 Å². The summed E-state index contributed by atoms with van der Waals surface area (Å²) in [4.78, 5) is 27.8. The number of rotatable bonds is 3. The van der Waals surface area contributed by atoms with Gasteiger partial charge >= 0.3 is 6.03 Å². The molecular formula is C16H16FN3O2. The average Bonchev–Trinajstić information content (AvgIpc) is 2.82. The van der Waals surface area contributed by atoms with Crippen molar-refractivity contribution in [3.05, 3.63) is 59.6 Å². The highest BCUT2D eigenvalue weighted by Crippen LogP contribution is 2.35. The van der Waals surface area contributed by atoms with Gasteiger partial charge in [0.25, 0.3) is 5.91 Å². The Labute approximate surface area is 127 Å². The van der Waals surface area contributed by atoms with E-state index in [4.69, 9.17) is 0 Å².